The Morgan fingerprint density at radius 2 is 2.06 bits per heavy atom. The van der Waals surface area contributed by atoms with Crippen LogP contribution in [0.4, 0.5) is 0 Å². The maximum atomic E-state index is 6.01. The first-order valence-corrected chi connectivity index (χ1v) is 6.64. The van der Waals surface area contributed by atoms with Crippen LogP contribution in [0.15, 0.2) is 18.2 Å². The highest BCUT2D eigenvalue weighted by Crippen LogP contribution is 2.27. The van der Waals surface area contributed by atoms with E-state index in [4.69, 9.17) is 27.9 Å². The van der Waals surface area contributed by atoms with Gasteiger partial charge in [-0.05, 0) is 44.5 Å². The van der Waals surface area contributed by atoms with Crippen molar-refractivity contribution in [1.29, 1.82) is 0 Å². The Balaban J connectivity index is 2.56. The summed E-state index contributed by atoms with van der Waals surface area (Å²) in [6.07, 6.45) is 2.05. The molecule has 1 N–H and O–H groups in total. The number of hydrogen-bond donors (Lipinski definition) is 1. The summed E-state index contributed by atoms with van der Waals surface area (Å²) >= 11 is 11.9. The molecule has 0 amide bonds. The Hall–Kier alpha value is -0.280. The molecule has 0 heterocycles. The summed E-state index contributed by atoms with van der Waals surface area (Å²) in [7, 11) is 1.95. The maximum absolute atomic E-state index is 6.01. The van der Waals surface area contributed by atoms with E-state index < -0.39 is 0 Å². The lowest BCUT2D eigenvalue weighted by Crippen LogP contribution is -2.17. The molecule has 96 valence electrons. The first-order chi connectivity index (χ1) is 8.19. The van der Waals surface area contributed by atoms with Gasteiger partial charge >= 0.3 is 0 Å². The molecule has 0 saturated heterocycles. The van der Waals surface area contributed by atoms with E-state index in [0.29, 0.717) is 16.1 Å². The summed E-state index contributed by atoms with van der Waals surface area (Å²) in [4.78, 5) is 0. The van der Waals surface area contributed by atoms with Crippen molar-refractivity contribution in [3.05, 3.63) is 33.8 Å². The van der Waals surface area contributed by atoms with Gasteiger partial charge < -0.3 is 10.1 Å². The minimum absolute atomic E-state index is 0.297. The number of benzene rings is 1. The third kappa shape index (κ3) is 4.84. The van der Waals surface area contributed by atoms with Gasteiger partial charge in [0.15, 0.2) is 0 Å². The van der Waals surface area contributed by atoms with Gasteiger partial charge in [0.25, 0.3) is 0 Å². The molecule has 2 nitrogen and oxygen atoms in total. The molecule has 17 heavy (non-hydrogen) atoms. The van der Waals surface area contributed by atoms with Crippen LogP contribution in [0.5, 0.6) is 0 Å². The van der Waals surface area contributed by atoms with E-state index in [1.54, 1.807) is 0 Å². The van der Waals surface area contributed by atoms with Crippen molar-refractivity contribution in [2.24, 2.45) is 0 Å². The summed E-state index contributed by atoms with van der Waals surface area (Å²) in [6.45, 7) is 3.58. The SMILES string of the molecule is CCOCCCC(NC)c1ccc(Cl)c(Cl)c1. The summed E-state index contributed by atoms with van der Waals surface area (Å²) in [5, 5.41) is 4.49. The van der Waals surface area contributed by atoms with Gasteiger partial charge in [-0.2, -0.15) is 0 Å². The Bertz CT molecular complexity index is 344. The Labute approximate surface area is 113 Å². The lowest BCUT2D eigenvalue weighted by molar-refractivity contribution is 0.141. The van der Waals surface area contributed by atoms with Crippen LogP contribution in [0.1, 0.15) is 31.4 Å². The third-order valence-electron chi connectivity index (χ3n) is 2.68. The molecular formula is C13H19Cl2NO. The first kappa shape index (κ1) is 14.8. The molecule has 0 fully saturated rings. The average molecular weight is 276 g/mol. The second kappa shape index (κ2) is 7.93. The molecule has 0 aromatic heterocycles. The van der Waals surface area contributed by atoms with E-state index in [0.717, 1.165) is 26.1 Å². The predicted molar refractivity (Wildman–Crippen MR) is 74.0 cm³/mol. The number of hydrogen-bond acceptors (Lipinski definition) is 2. The van der Waals surface area contributed by atoms with Crippen LogP contribution in [-0.2, 0) is 4.74 Å². The van der Waals surface area contributed by atoms with Crippen molar-refractivity contribution in [1.82, 2.24) is 5.32 Å². The van der Waals surface area contributed by atoms with Crippen LogP contribution < -0.4 is 5.32 Å². The molecule has 4 heteroatoms. The molecule has 0 saturated carbocycles. The normalized spacial score (nSPS) is 12.7. The minimum atomic E-state index is 0.297. The Morgan fingerprint density at radius 3 is 2.65 bits per heavy atom. The fraction of sp³-hybridized carbons (Fsp3) is 0.538. The average Bonchev–Trinajstić information content (AvgIpc) is 2.33. The lowest BCUT2D eigenvalue weighted by Gasteiger charge is -2.17. The molecule has 1 unspecified atom stereocenters. The zero-order valence-electron chi connectivity index (χ0n) is 10.3. The van der Waals surface area contributed by atoms with Crippen LogP contribution in [0.25, 0.3) is 0 Å². The second-order valence-corrected chi connectivity index (χ2v) is 4.67. The predicted octanol–water partition coefficient (Wildman–Crippen LogP) is 4.07. The van der Waals surface area contributed by atoms with Crippen molar-refractivity contribution >= 4 is 23.2 Å². The highest BCUT2D eigenvalue weighted by atomic mass is 35.5. The monoisotopic (exact) mass is 275 g/mol. The molecule has 0 aliphatic rings. The van der Waals surface area contributed by atoms with E-state index in [9.17, 15) is 0 Å². The zero-order valence-corrected chi connectivity index (χ0v) is 11.8. The molecule has 0 aliphatic heterocycles. The lowest BCUT2D eigenvalue weighted by atomic mass is 10.0. The van der Waals surface area contributed by atoms with Gasteiger partial charge in [0, 0.05) is 19.3 Å². The van der Waals surface area contributed by atoms with Crippen molar-refractivity contribution in [3.8, 4) is 0 Å². The molecule has 1 aromatic rings. The summed E-state index contributed by atoms with van der Waals surface area (Å²) in [5.74, 6) is 0. The number of ether oxygens (including phenoxy) is 1. The van der Waals surface area contributed by atoms with Crippen LogP contribution in [0.2, 0.25) is 10.0 Å². The molecule has 0 bridgehead atoms. The van der Waals surface area contributed by atoms with E-state index in [-0.39, 0.29) is 0 Å². The molecule has 0 radical (unpaired) electrons. The van der Waals surface area contributed by atoms with Crippen LogP contribution in [0.3, 0.4) is 0 Å². The summed E-state index contributed by atoms with van der Waals surface area (Å²) in [6, 6.07) is 6.07. The van der Waals surface area contributed by atoms with Crippen molar-refractivity contribution in [3.63, 3.8) is 0 Å². The number of nitrogens with one attached hydrogen (secondary N) is 1. The van der Waals surface area contributed by atoms with Gasteiger partial charge in [0.05, 0.1) is 10.0 Å². The van der Waals surface area contributed by atoms with Crippen LogP contribution in [0, 0.1) is 0 Å². The largest absolute Gasteiger partial charge is 0.382 e. The fourth-order valence-electron chi connectivity index (χ4n) is 1.74. The van der Waals surface area contributed by atoms with E-state index in [1.807, 2.05) is 32.2 Å². The Morgan fingerprint density at radius 1 is 1.29 bits per heavy atom. The van der Waals surface area contributed by atoms with Gasteiger partial charge in [-0.15, -0.1) is 0 Å². The highest BCUT2D eigenvalue weighted by Gasteiger charge is 2.10. The van der Waals surface area contributed by atoms with Crippen molar-refractivity contribution < 1.29 is 4.74 Å². The van der Waals surface area contributed by atoms with E-state index in [2.05, 4.69) is 5.32 Å². The second-order valence-electron chi connectivity index (χ2n) is 3.85. The first-order valence-electron chi connectivity index (χ1n) is 5.89. The van der Waals surface area contributed by atoms with Gasteiger partial charge in [-0.25, -0.2) is 0 Å². The molecule has 1 atom stereocenters. The quantitative estimate of drug-likeness (QED) is 0.758. The zero-order chi connectivity index (χ0) is 12.7. The van der Waals surface area contributed by atoms with Crippen molar-refractivity contribution in [2.45, 2.75) is 25.8 Å². The number of halogens is 2. The minimum Gasteiger partial charge on any atom is -0.382 e. The molecule has 0 aliphatic carbocycles. The van der Waals surface area contributed by atoms with E-state index >= 15 is 0 Å². The molecule has 1 aromatic carbocycles. The Kier molecular flexibility index (Phi) is 6.90. The topological polar surface area (TPSA) is 21.3 Å². The van der Waals surface area contributed by atoms with Crippen LogP contribution in [-0.4, -0.2) is 20.3 Å². The molecule has 1 rings (SSSR count). The third-order valence-corrected chi connectivity index (χ3v) is 3.42. The number of rotatable bonds is 7. The van der Waals surface area contributed by atoms with Gasteiger partial charge in [-0.3, -0.25) is 0 Å². The van der Waals surface area contributed by atoms with Gasteiger partial charge in [0.1, 0.15) is 0 Å². The summed E-state index contributed by atoms with van der Waals surface area (Å²) < 4.78 is 5.33. The van der Waals surface area contributed by atoms with E-state index in [1.165, 1.54) is 5.56 Å². The molecule has 0 spiro atoms. The van der Waals surface area contributed by atoms with Gasteiger partial charge in [0.2, 0.25) is 0 Å². The molecular weight excluding hydrogens is 257 g/mol. The van der Waals surface area contributed by atoms with Gasteiger partial charge in [-0.1, -0.05) is 29.3 Å². The maximum Gasteiger partial charge on any atom is 0.0595 e. The van der Waals surface area contributed by atoms with Crippen molar-refractivity contribution in [2.75, 3.05) is 20.3 Å². The standard InChI is InChI=1S/C13H19Cl2NO/c1-3-17-8-4-5-13(16-2)10-6-7-11(14)12(15)9-10/h6-7,9,13,16H,3-5,8H2,1-2H3. The van der Waals surface area contributed by atoms with Crippen LogP contribution >= 0.6 is 23.2 Å². The highest BCUT2D eigenvalue weighted by molar-refractivity contribution is 6.42. The smallest absolute Gasteiger partial charge is 0.0595 e. The summed E-state index contributed by atoms with van der Waals surface area (Å²) in [5.41, 5.74) is 1.17. The fourth-order valence-corrected chi connectivity index (χ4v) is 2.05.